The van der Waals surface area contributed by atoms with E-state index in [9.17, 15) is 9.90 Å². The van der Waals surface area contributed by atoms with Crippen LogP contribution in [0.3, 0.4) is 0 Å². The number of carboxylic acids is 1. The number of phenolic OH excluding ortho intramolecular Hbond substituents is 1. The highest BCUT2D eigenvalue weighted by atomic mass is 16.4. The summed E-state index contributed by atoms with van der Waals surface area (Å²) in [6, 6.07) is 5.16. The molecule has 0 amide bonds. The second kappa shape index (κ2) is 2.76. The van der Waals surface area contributed by atoms with Gasteiger partial charge < -0.3 is 10.2 Å². The van der Waals surface area contributed by atoms with E-state index in [1.807, 2.05) is 6.07 Å². The van der Waals surface area contributed by atoms with Gasteiger partial charge in [-0.2, -0.15) is 0 Å². The Morgan fingerprint density at radius 1 is 1.46 bits per heavy atom. The summed E-state index contributed by atoms with van der Waals surface area (Å²) < 4.78 is 0. The number of rotatable bonds is 1. The molecule has 0 bridgehead atoms. The molecule has 2 rings (SSSR count). The maximum Gasteiger partial charge on any atom is 0.311 e. The Morgan fingerprint density at radius 2 is 2.23 bits per heavy atom. The number of fused-ring (bicyclic) bond motifs is 1. The Kier molecular flexibility index (Phi) is 1.72. The quantitative estimate of drug-likeness (QED) is 0.685. The molecule has 1 aromatic carbocycles. The van der Waals surface area contributed by atoms with E-state index in [4.69, 9.17) is 5.11 Å². The van der Waals surface area contributed by atoms with Crippen molar-refractivity contribution in [2.75, 3.05) is 0 Å². The summed E-state index contributed by atoms with van der Waals surface area (Å²) in [7, 11) is 0. The lowest BCUT2D eigenvalue weighted by atomic mass is 10.0. The van der Waals surface area contributed by atoms with Crippen LogP contribution in [0.25, 0.3) is 0 Å². The van der Waals surface area contributed by atoms with Gasteiger partial charge in [0, 0.05) is 5.56 Å². The average Bonchev–Trinajstić information content (AvgIpc) is 2.49. The number of hydrogen-bond donors (Lipinski definition) is 2. The fraction of sp³-hybridized carbons (Fsp3) is 0.300. The predicted octanol–water partition coefficient (Wildman–Crippen LogP) is 1.51. The maximum atomic E-state index is 10.8. The van der Waals surface area contributed by atoms with Crippen LogP contribution >= 0.6 is 0 Å². The van der Waals surface area contributed by atoms with Crippen LogP contribution in [0.1, 0.15) is 23.5 Å². The van der Waals surface area contributed by atoms with Crippen molar-refractivity contribution in [2.45, 2.75) is 18.8 Å². The normalized spacial score (nSPS) is 19.8. The monoisotopic (exact) mass is 178 g/mol. The van der Waals surface area contributed by atoms with E-state index in [-0.39, 0.29) is 5.75 Å². The van der Waals surface area contributed by atoms with Crippen molar-refractivity contribution in [2.24, 2.45) is 0 Å². The van der Waals surface area contributed by atoms with Crippen LogP contribution in [0, 0.1) is 0 Å². The van der Waals surface area contributed by atoms with Crippen molar-refractivity contribution in [3.8, 4) is 5.75 Å². The van der Waals surface area contributed by atoms with Gasteiger partial charge in [0.2, 0.25) is 0 Å². The zero-order valence-electron chi connectivity index (χ0n) is 7.03. The molecule has 0 heterocycles. The van der Waals surface area contributed by atoms with Crippen LogP contribution in [0.4, 0.5) is 0 Å². The third-order valence-corrected chi connectivity index (χ3v) is 2.52. The molecule has 1 atom stereocenters. The van der Waals surface area contributed by atoms with Gasteiger partial charge in [0.15, 0.2) is 0 Å². The molecule has 3 heteroatoms. The predicted molar refractivity (Wildman–Crippen MR) is 46.8 cm³/mol. The summed E-state index contributed by atoms with van der Waals surface area (Å²) in [4.78, 5) is 10.8. The van der Waals surface area contributed by atoms with E-state index in [0.29, 0.717) is 12.0 Å². The number of aliphatic carboxylic acids is 1. The van der Waals surface area contributed by atoms with Gasteiger partial charge in [0.25, 0.3) is 0 Å². The van der Waals surface area contributed by atoms with Crippen molar-refractivity contribution >= 4 is 5.97 Å². The topological polar surface area (TPSA) is 57.5 Å². The average molecular weight is 178 g/mol. The van der Waals surface area contributed by atoms with Crippen molar-refractivity contribution in [1.29, 1.82) is 0 Å². The van der Waals surface area contributed by atoms with Gasteiger partial charge >= 0.3 is 5.97 Å². The third-order valence-electron chi connectivity index (χ3n) is 2.52. The maximum absolute atomic E-state index is 10.8. The van der Waals surface area contributed by atoms with Gasteiger partial charge in [-0.3, -0.25) is 4.79 Å². The molecule has 1 aromatic rings. The van der Waals surface area contributed by atoms with Crippen molar-refractivity contribution in [3.63, 3.8) is 0 Å². The molecule has 0 radical (unpaired) electrons. The van der Waals surface area contributed by atoms with Crippen LogP contribution in [0.15, 0.2) is 18.2 Å². The Labute approximate surface area is 75.6 Å². The lowest BCUT2D eigenvalue weighted by Crippen LogP contribution is -2.07. The van der Waals surface area contributed by atoms with Crippen molar-refractivity contribution in [1.82, 2.24) is 0 Å². The number of phenols is 1. The second-order valence-electron chi connectivity index (χ2n) is 3.28. The second-order valence-corrected chi connectivity index (χ2v) is 3.28. The zero-order valence-corrected chi connectivity index (χ0v) is 7.03. The standard InChI is InChI=1S/C10H10O3/c11-8-3-1-2-6-4-5-7(9(6)8)10(12)13/h1-3,7,11H,4-5H2,(H,12,13). The number of hydrogen-bond acceptors (Lipinski definition) is 2. The molecule has 0 aromatic heterocycles. The first kappa shape index (κ1) is 8.10. The van der Waals surface area contributed by atoms with Crippen LogP contribution in [0.5, 0.6) is 5.75 Å². The van der Waals surface area contributed by atoms with Crippen LogP contribution in [-0.4, -0.2) is 16.2 Å². The van der Waals surface area contributed by atoms with Gasteiger partial charge in [-0.15, -0.1) is 0 Å². The molecular formula is C10H10O3. The van der Waals surface area contributed by atoms with Crippen LogP contribution in [0.2, 0.25) is 0 Å². The summed E-state index contributed by atoms with van der Waals surface area (Å²) in [5.74, 6) is -1.25. The van der Waals surface area contributed by atoms with Gasteiger partial charge in [0.1, 0.15) is 5.75 Å². The fourth-order valence-electron chi connectivity index (χ4n) is 1.91. The molecule has 0 saturated carbocycles. The number of benzene rings is 1. The van der Waals surface area contributed by atoms with E-state index in [2.05, 4.69) is 0 Å². The molecule has 0 fully saturated rings. The molecule has 3 nitrogen and oxygen atoms in total. The Morgan fingerprint density at radius 3 is 2.92 bits per heavy atom. The number of carboxylic acid groups (broad SMARTS) is 1. The first-order valence-corrected chi connectivity index (χ1v) is 4.23. The molecule has 0 saturated heterocycles. The number of aromatic hydroxyl groups is 1. The highest BCUT2D eigenvalue weighted by Crippen LogP contribution is 2.38. The highest BCUT2D eigenvalue weighted by Gasteiger charge is 2.30. The first-order valence-electron chi connectivity index (χ1n) is 4.23. The summed E-state index contributed by atoms with van der Waals surface area (Å²) in [5, 5.41) is 18.4. The number of aryl methyl sites for hydroxylation is 1. The van der Waals surface area contributed by atoms with E-state index in [1.54, 1.807) is 12.1 Å². The van der Waals surface area contributed by atoms with Gasteiger partial charge in [-0.05, 0) is 24.5 Å². The van der Waals surface area contributed by atoms with Crippen molar-refractivity contribution in [3.05, 3.63) is 29.3 Å². The third kappa shape index (κ3) is 1.16. The lowest BCUT2D eigenvalue weighted by Gasteiger charge is -2.07. The Bertz CT molecular complexity index is 357. The smallest absolute Gasteiger partial charge is 0.311 e. The summed E-state index contributed by atoms with van der Waals surface area (Å²) in [6.45, 7) is 0. The molecule has 13 heavy (non-hydrogen) atoms. The largest absolute Gasteiger partial charge is 0.508 e. The SMILES string of the molecule is O=C(O)C1CCc2cccc(O)c21. The molecule has 68 valence electrons. The van der Waals surface area contributed by atoms with Gasteiger partial charge in [-0.25, -0.2) is 0 Å². The summed E-state index contributed by atoms with van der Waals surface area (Å²) in [6.07, 6.45) is 1.35. The van der Waals surface area contributed by atoms with E-state index in [1.165, 1.54) is 0 Å². The summed E-state index contributed by atoms with van der Waals surface area (Å²) in [5.41, 5.74) is 1.57. The molecule has 1 unspecified atom stereocenters. The van der Waals surface area contributed by atoms with Gasteiger partial charge in [-0.1, -0.05) is 12.1 Å². The minimum atomic E-state index is -0.847. The van der Waals surface area contributed by atoms with E-state index >= 15 is 0 Å². The molecular weight excluding hydrogens is 168 g/mol. The minimum absolute atomic E-state index is 0.113. The van der Waals surface area contributed by atoms with Gasteiger partial charge in [0.05, 0.1) is 5.92 Å². The van der Waals surface area contributed by atoms with E-state index in [0.717, 1.165) is 12.0 Å². The first-order chi connectivity index (χ1) is 6.20. The molecule has 0 aliphatic heterocycles. The zero-order chi connectivity index (χ0) is 9.42. The van der Waals surface area contributed by atoms with E-state index < -0.39 is 11.9 Å². The lowest BCUT2D eigenvalue weighted by molar-refractivity contribution is -0.138. The minimum Gasteiger partial charge on any atom is -0.508 e. The summed E-state index contributed by atoms with van der Waals surface area (Å²) >= 11 is 0. The highest BCUT2D eigenvalue weighted by molar-refractivity contribution is 5.79. The number of carbonyl (C=O) groups is 1. The molecule has 1 aliphatic rings. The Hall–Kier alpha value is -1.51. The fourth-order valence-corrected chi connectivity index (χ4v) is 1.91. The molecule has 1 aliphatic carbocycles. The molecule has 0 spiro atoms. The Balaban J connectivity index is 2.52. The van der Waals surface area contributed by atoms with Crippen LogP contribution < -0.4 is 0 Å². The van der Waals surface area contributed by atoms with Crippen LogP contribution in [-0.2, 0) is 11.2 Å². The van der Waals surface area contributed by atoms with Crippen molar-refractivity contribution < 1.29 is 15.0 Å². The molecule has 2 N–H and O–H groups in total.